The van der Waals surface area contributed by atoms with E-state index in [1.807, 2.05) is 27.7 Å². The molecule has 0 fully saturated rings. The summed E-state index contributed by atoms with van der Waals surface area (Å²) < 4.78 is 4.99. The molecule has 1 aromatic heterocycles. The molecule has 0 spiro atoms. The van der Waals surface area contributed by atoms with Crippen LogP contribution in [0, 0.1) is 10.1 Å². The lowest BCUT2D eigenvalue weighted by Crippen LogP contribution is -2.40. The van der Waals surface area contributed by atoms with E-state index >= 15 is 0 Å². The zero-order valence-corrected chi connectivity index (χ0v) is 12.9. The number of anilines is 2. The molecular weight excluding hydrogens is 276 g/mol. The standard InChI is InChI=1S/C12H22N6O3/c1-8(6-21-5)15-10-9(18(19)20)11(14-7-13-10)16-17-12(2,3)4/h7-8,17H,6H2,1-5H3,(H2,13,14,15,16). The van der Waals surface area contributed by atoms with Crippen molar-refractivity contribution in [1.82, 2.24) is 15.4 Å². The van der Waals surface area contributed by atoms with Crippen molar-refractivity contribution in [2.45, 2.75) is 39.3 Å². The largest absolute Gasteiger partial charge is 0.383 e. The van der Waals surface area contributed by atoms with Crippen LogP contribution in [-0.4, -0.2) is 40.2 Å². The number of hydrogen-bond acceptors (Lipinski definition) is 8. The van der Waals surface area contributed by atoms with Gasteiger partial charge < -0.3 is 10.1 Å². The van der Waals surface area contributed by atoms with Crippen molar-refractivity contribution >= 4 is 17.3 Å². The minimum Gasteiger partial charge on any atom is -0.383 e. The third kappa shape index (κ3) is 5.48. The van der Waals surface area contributed by atoms with Gasteiger partial charge >= 0.3 is 5.69 Å². The Hall–Kier alpha value is -2.00. The average Bonchev–Trinajstić information content (AvgIpc) is 2.35. The van der Waals surface area contributed by atoms with E-state index in [2.05, 4.69) is 26.1 Å². The van der Waals surface area contributed by atoms with Crippen molar-refractivity contribution in [2.24, 2.45) is 0 Å². The first kappa shape index (κ1) is 17.1. The number of ether oxygens (including phenoxy) is 1. The number of nitrogens with zero attached hydrogens (tertiary/aromatic N) is 3. The molecule has 0 bridgehead atoms. The Morgan fingerprint density at radius 3 is 2.52 bits per heavy atom. The maximum Gasteiger partial charge on any atom is 0.354 e. The van der Waals surface area contributed by atoms with Crippen LogP contribution in [0.1, 0.15) is 27.7 Å². The van der Waals surface area contributed by atoms with Gasteiger partial charge in [0.25, 0.3) is 0 Å². The van der Waals surface area contributed by atoms with Crippen LogP contribution >= 0.6 is 0 Å². The molecule has 0 amide bonds. The second-order valence-electron chi connectivity index (χ2n) is 5.68. The Morgan fingerprint density at radius 1 is 1.38 bits per heavy atom. The fourth-order valence-corrected chi connectivity index (χ4v) is 1.52. The molecule has 0 aromatic carbocycles. The first-order chi connectivity index (χ1) is 9.74. The van der Waals surface area contributed by atoms with Crippen LogP contribution in [0.2, 0.25) is 0 Å². The van der Waals surface area contributed by atoms with Gasteiger partial charge in [-0.05, 0) is 27.7 Å². The molecule has 0 aliphatic rings. The van der Waals surface area contributed by atoms with Crippen LogP contribution < -0.4 is 16.2 Å². The van der Waals surface area contributed by atoms with Gasteiger partial charge in [0.05, 0.1) is 11.5 Å². The quantitative estimate of drug-likeness (QED) is 0.513. The highest BCUT2D eigenvalue weighted by atomic mass is 16.6. The highest BCUT2D eigenvalue weighted by molar-refractivity contribution is 5.69. The molecule has 1 atom stereocenters. The number of rotatable bonds is 7. The lowest BCUT2D eigenvalue weighted by molar-refractivity contribution is -0.383. The van der Waals surface area contributed by atoms with Gasteiger partial charge in [-0.3, -0.25) is 15.5 Å². The lowest BCUT2D eigenvalue weighted by atomic mass is 10.1. The summed E-state index contributed by atoms with van der Waals surface area (Å²) in [5, 5.41) is 14.2. The topological polar surface area (TPSA) is 114 Å². The van der Waals surface area contributed by atoms with E-state index in [-0.39, 0.29) is 28.9 Å². The second kappa shape index (κ2) is 7.14. The lowest BCUT2D eigenvalue weighted by Gasteiger charge is -2.21. The minimum atomic E-state index is -0.519. The molecule has 1 heterocycles. The third-order valence-corrected chi connectivity index (χ3v) is 2.36. The van der Waals surface area contributed by atoms with Crippen molar-refractivity contribution in [3.8, 4) is 0 Å². The van der Waals surface area contributed by atoms with Crippen LogP contribution in [0.4, 0.5) is 17.3 Å². The summed E-state index contributed by atoms with van der Waals surface area (Å²) in [6.45, 7) is 8.02. The summed E-state index contributed by atoms with van der Waals surface area (Å²) in [7, 11) is 1.56. The average molecular weight is 298 g/mol. The first-order valence-corrected chi connectivity index (χ1v) is 6.52. The smallest absolute Gasteiger partial charge is 0.354 e. The van der Waals surface area contributed by atoms with E-state index in [4.69, 9.17) is 4.74 Å². The third-order valence-electron chi connectivity index (χ3n) is 2.36. The van der Waals surface area contributed by atoms with E-state index < -0.39 is 4.92 Å². The Bertz CT molecular complexity index is 488. The van der Waals surface area contributed by atoms with Gasteiger partial charge in [0.2, 0.25) is 11.6 Å². The Labute approximate surface area is 123 Å². The van der Waals surface area contributed by atoms with Crippen molar-refractivity contribution in [1.29, 1.82) is 0 Å². The summed E-state index contributed by atoms with van der Waals surface area (Å²) in [5.41, 5.74) is 5.23. The first-order valence-electron chi connectivity index (χ1n) is 6.52. The van der Waals surface area contributed by atoms with E-state index in [1.165, 1.54) is 6.33 Å². The fourth-order valence-electron chi connectivity index (χ4n) is 1.52. The predicted octanol–water partition coefficient (Wildman–Crippen LogP) is 1.55. The molecule has 1 rings (SSSR count). The molecular formula is C12H22N6O3. The highest BCUT2D eigenvalue weighted by Gasteiger charge is 2.24. The summed E-state index contributed by atoms with van der Waals surface area (Å²) in [6, 6.07) is -0.118. The highest BCUT2D eigenvalue weighted by Crippen LogP contribution is 2.29. The molecule has 0 aliphatic carbocycles. The van der Waals surface area contributed by atoms with Crippen LogP contribution in [0.25, 0.3) is 0 Å². The van der Waals surface area contributed by atoms with Gasteiger partial charge in [0.1, 0.15) is 6.33 Å². The maximum atomic E-state index is 11.3. The Kier molecular flexibility index (Phi) is 5.79. The fraction of sp³-hybridized carbons (Fsp3) is 0.667. The van der Waals surface area contributed by atoms with Crippen molar-refractivity contribution in [3.05, 3.63) is 16.4 Å². The van der Waals surface area contributed by atoms with Crippen LogP contribution in [-0.2, 0) is 4.74 Å². The van der Waals surface area contributed by atoms with Gasteiger partial charge in [0.15, 0.2) is 0 Å². The van der Waals surface area contributed by atoms with Crippen LogP contribution in [0.5, 0.6) is 0 Å². The van der Waals surface area contributed by atoms with Crippen molar-refractivity contribution in [2.75, 3.05) is 24.5 Å². The summed E-state index contributed by atoms with van der Waals surface area (Å²) >= 11 is 0. The van der Waals surface area contributed by atoms with Gasteiger partial charge in [-0.25, -0.2) is 15.4 Å². The zero-order valence-electron chi connectivity index (χ0n) is 12.9. The molecule has 21 heavy (non-hydrogen) atoms. The number of nitrogens with one attached hydrogen (secondary N) is 3. The molecule has 0 saturated heterocycles. The molecule has 3 N–H and O–H groups in total. The van der Waals surface area contributed by atoms with E-state index in [1.54, 1.807) is 7.11 Å². The number of aromatic nitrogens is 2. The molecule has 118 valence electrons. The van der Waals surface area contributed by atoms with E-state index in [0.29, 0.717) is 6.61 Å². The summed E-state index contributed by atoms with van der Waals surface area (Å²) in [6.07, 6.45) is 1.27. The molecule has 1 unspecified atom stereocenters. The predicted molar refractivity (Wildman–Crippen MR) is 80.2 cm³/mol. The SMILES string of the molecule is COCC(C)Nc1ncnc(NNC(C)(C)C)c1[N+](=O)[O-]. The summed E-state index contributed by atoms with van der Waals surface area (Å²) in [4.78, 5) is 18.6. The van der Waals surface area contributed by atoms with Gasteiger partial charge in [-0.2, -0.15) is 0 Å². The Balaban J connectivity index is 3.01. The molecule has 9 nitrogen and oxygen atoms in total. The zero-order chi connectivity index (χ0) is 16.0. The molecule has 9 heteroatoms. The molecule has 0 aliphatic heterocycles. The van der Waals surface area contributed by atoms with Gasteiger partial charge in [-0.15, -0.1) is 0 Å². The number of methoxy groups -OCH3 is 1. The van der Waals surface area contributed by atoms with Gasteiger partial charge in [-0.1, -0.05) is 0 Å². The van der Waals surface area contributed by atoms with Crippen molar-refractivity contribution in [3.63, 3.8) is 0 Å². The molecule has 0 radical (unpaired) electrons. The number of nitro groups is 1. The second-order valence-corrected chi connectivity index (χ2v) is 5.68. The van der Waals surface area contributed by atoms with E-state index in [0.717, 1.165) is 0 Å². The maximum absolute atomic E-state index is 11.3. The number of hydrazine groups is 1. The number of hydrogen-bond donors (Lipinski definition) is 3. The van der Waals surface area contributed by atoms with Gasteiger partial charge in [0, 0.05) is 18.7 Å². The minimum absolute atomic E-state index is 0.108. The van der Waals surface area contributed by atoms with Crippen LogP contribution in [0.3, 0.4) is 0 Å². The Morgan fingerprint density at radius 2 is 2.00 bits per heavy atom. The van der Waals surface area contributed by atoms with Crippen LogP contribution in [0.15, 0.2) is 6.33 Å². The van der Waals surface area contributed by atoms with E-state index in [9.17, 15) is 10.1 Å². The molecule has 0 saturated carbocycles. The monoisotopic (exact) mass is 298 g/mol. The normalized spacial score (nSPS) is 12.8. The van der Waals surface area contributed by atoms with Crippen molar-refractivity contribution < 1.29 is 9.66 Å². The molecule has 1 aromatic rings. The summed E-state index contributed by atoms with van der Waals surface area (Å²) in [5.74, 6) is 0.259.